The molecule has 44 heavy (non-hydrogen) atoms. The topological polar surface area (TPSA) is 117 Å². The number of halogens is 2. The first-order chi connectivity index (χ1) is 20.9. The third kappa shape index (κ3) is 4.02. The maximum Gasteiger partial charge on any atom is 0.205 e. The summed E-state index contributed by atoms with van der Waals surface area (Å²) < 4.78 is 54.8. The largest absolute Gasteiger partial charge is 0.494 e. The van der Waals surface area contributed by atoms with Crippen molar-refractivity contribution in [1.82, 2.24) is 0 Å². The standard InChI is InChI=1S/C34H43F2NO7/c1-5-6-30-43-29-14-23-24-11-19(16-35)22-12-20(38)9-10-31(22,2)33(24,18-36)27(39)15-32(23,3)34(29,44-30)28(40)17-42-21-7-8-25(37)26(13-21)41-4/h7-10,12-13,19,23-24,27,29-30,39H,5-6,11,14-18,37H2,1-4H3/t19-,23+,24+,27+,29-,30?,31+,32+,33-,34-/m1/s1. The van der Waals surface area contributed by atoms with Gasteiger partial charge in [-0.25, -0.2) is 0 Å². The fourth-order valence-electron chi connectivity index (χ4n) is 9.82. The molecule has 10 atom stereocenters. The van der Waals surface area contributed by atoms with E-state index >= 15 is 4.39 Å². The Morgan fingerprint density at radius 3 is 2.66 bits per heavy atom. The molecule has 0 aromatic heterocycles. The fourth-order valence-corrected chi connectivity index (χ4v) is 9.82. The molecule has 1 heterocycles. The molecule has 4 fully saturated rings. The number of Topliss-reactive ketones (excluding diaryl/α,β-unsaturated/α-hetero) is 1. The number of allylic oxidation sites excluding steroid dienone is 4. The highest BCUT2D eigenvalue weighted by atomic mass is 19.1. The second kappa shape index (κ2) is 10.9. The van der Waals surface area contributed by atoms with E-state index in [1.807, 2.05) is 20.8 Å². The molecule has 0 spiro atoms. The summed E-state index contributed by atoms with van der Waals surface area (Å²) in [5.74, 6) is -1.22. The lowest BCUT2D eigenvalue weighted by Gasteiger charge is -2.66. The minimum absolute atomic E-state index is 0.0726. The average Bonchev–Trinajstić information content (AvgIpc) is 3.48. The van der Waals surface area contributed by atoms with Crippen LogP contribution in [-0.2, 0) is 19.1 Å². The Morgan fingerprint density at radius 1 is 1.20 bits per heavy atom. The lowest BCUT2D eigenvalue weighted by atomic mass is 9.38. The Labute approximate surface area is 256 Å². The van der Waals surface area contributed by atoms with Crippen LogP contribution in [0.2, 0.25) is 0 Å². The van der Waals surface area contributed by atoms with Gasteiger partial charge in [-0.3, -0.25) is 18.4 Å². The zero-order valence-electron chi connectivity index (χ0n) is 25.8. The maximum absolute atomic E-state index is 15.7. The van der Waals surface area contributed by atoms with Crippen molar-refractivity contribution in [1.29, 1.82) is 0 Å². The number of benzene rings is 1. The van der Waals surface area contributed by atoms with Gasteiger partial charge in [0.05, 0.1) is 38.4 Å². The first kappa shape index (κ1) is 31.2. The normalized spacial score (nSPS) is 42.2. The number of carbonyl (C=O) groups excluding carboxylic acids is 2. The van der Waals surface area contributed by atoms with Gasteiger partial charge >= 0.3 is 0 Å². The minimum Gasteiger partial charge on any atom is -0.494 e. The minimum atomic E-state index is -1.46. The number of rotatable bonds is 9. The average molecular weight is 616 g/mol. The van der Waals surface area contributed by atoms with Gasteiger partial charge in [0.15, 0.2) is 17.7 Å². The molecule has 3 N–H and O–H groups in total. The van der Waals surface area contributed by atoms with E-state index < -0.39 is 65.5 Å². The molecule has 4 aliphatic carbocycles. The lowest BCUT2D eigenvalue weighted by molar-refractivity contribution is -0.234. The van der Waals surface area contributed by atoms with Gasteiger partial charge in [-0.05, 0) is 61.8 Å². The van der Waals surface area contributed by atoms with Crippen molar-refractivity contribution in [2.45, 2.75) is 77.0 Å². The Bertz CT molecular complexity index is 1400. The van der Waals surface area contributed by atoms with E-state index in [0.29, 0.717) is 35.6 Å². The number of hydrogen-bond donors (Lipinski definition) is 2. The third-order valence-electron chi connectivity index (χ3n) is 11.9. The molecule has 0 radical (unpaired) electrons. The van der Waals surface area contributed by atoms with Crippen LogP contribution in [0.5, 0.6) is 11.5 Å². The smallest absolute Gasteiger partial charge is 0.205 e. The number of fused-ring (bicyclic) bond motifs is 7. The number of methoxy groups -OCH3 is 1. The quantitative estimate of drug-likeness (QED) is 0.376. The summed E-state index contributed by atoms with van der Waals surface area (Å²) in [6, 6.07) is 4.89. The molecule has 3 saturated carbocycles. The van der Waals surface area contributed by atoms with Crippen LogP contribution in [0, 0.1) is 34.0 Å². The summed E-state index contributed by atoms with van der Waals surface area (Å²) in [6.45, 7) is 3.86. The molecule has 8 nitrogen and oxygen atoms in total. The van der Waals surface area contributed by atoms with E-state index in [4.69, 9.17) is 24.7 Å². The van der Waals surface area contributed by atoms with Crippen LogP contribution < -0.4 is 15.2 Å². The van der Waals surface area contributed by atoms with E-state index in [-0.39, 0.29) is 36.9 Å². The number of nitrogens with two attached hydrogens (primary N) is 1. The number of alkyl halides is 2. The molecule has 10 heteroatoms. The number of anilines is 1. The summed E-state index contributed by atoms with van der Waals surface area (Å²) in [4.78, 5) is 26.9. The molecule has 0 amide bonds. The zero-order chi connectivity index (χ0) is 31.7. The number of ether oxygens (including phenoxy) is 4. The number of nitrogen functional groups attached to an aromatic ring is 1. The molecular weight excluding hydrogens is 572 g/mol. The van der Waals surface area contributed by atoms with Crippen molar-refractivity contribution >= 4 is 17.3 Å². The van der Waals surface area contributed by atoms with Crippen LogP contribution >= 0.6 is 0 Å². The van der Waals surface area contributed by atoms with Crippen molar-refractivity contribution in [3.8, 4) is 11.5 Å². The van der Waals surface area contributed by atoms with Crippen LogP contribution in [0.4, 0.5) is 14.5 Å². The summed E-state index contributed by atoms with van der Waals surface area (Å²) in [5, 5.41) is 12.1. The van der Waals surface area contributed by atoms with Gasteiger partial charge in [-0.2, -0.15) is 0 Å². The van der Waals surface area contributed by atoms with Crippen LogP contribution in [0.25, 0.3) is 0 Å². The molecule has 1 aromatic carbocycles. The van der Waals surface area contributed by atoms with Crippen molar-refractivity contribution in [2.75, 3.05) is 32.8 Å². The predicted octanol–water partition coefficient (Wildman–Crippen LogP) is 4.93. The fraction of sp³-hybridized carbons (Fsp3) is 0.647. The van der Waals surface area contributed by atoms with Crippen molar-refractivity contribution in [2.24, 2.45) is 34.0 Å². The second-order valence-electron chi connectivity index (χ2n) is 13.7. The number of hydrogen-bond acceptors (Lipinski definition) is 8. The van der Waals surface area contributed by atoms with Crippen LogP contribution in [-0.4, -0.2) is 67.8 Å². The first-order valence-electron chi connectivity index (χ1n) is 15.6. The number of aliphatic hydroxyl groups excluding tert-OH is 1. The van der Waals surface area contributed by atoms with Gasteiger partial charge in [-0.15, -0.1) is 0 Å². The maximum atomic E-state index is 15.7. The lowest BCUT2D eigenvalue weighted by Crippen LogP contribution is -2.69. The first-order valence-corrected chi connectivity index (χ1v) is 15.6. The van der Waals surface area contributed by atoms with Gasteiger partial charge < -0.3 is 29.8 Å². The van der Waals surface area contributed by atoms with Gasteiger partial charge in [-0.1, -0.05) is 38.8 Å². The number of aliphatic hydroxyl groups is 1. The number of ketones is 2. The monoisotopic (exact) mass is 615 g/mol. The Kier molecular flexibility index (Phi) is 7.73. The second-order valence-corrected chi connectivity index (χ2v) is 13.7. The Balaban J connectivity index is 1.40. The highest BCUT2D eigenvalue weighted by molar-refractivity contribution is 6.01. The van der Waals surface area contributed by atoms with Crippen molar-refractivity contribution < 1.29 is 42.4 Å². The molecule has 240 valence electrons. The van der Waals surface area contributed by atoms with Gasteiger partial charge in [0.1, 0.15) is 18.1 Å². The van der Waals surface area contributed by atoms with E-state index in [1.165, 1.54) is 19.3 Å². The molecule has 1 saturated heterocycles. The van der Waals surface area contributed by atoms with Crippen LogP contribution in [0.1, 0.15) is 52.9 Å². The number of carbonyl (C=O) groups is 2. The summed E-state index contributed by atoms with van der Waals surface area (Å²) in [6.07, 6.45) is 4.10. The van der Waals surface area contributed by atoms with Gasteiger partial charge in [0.25, 0.3) is 0 Å². The van der Waals surface area contributed by atoms with Gasteiger partial charge in [0, 0.05) is 28.2 Å². The molecule has 1 aliphatic heterocycles. The Hall–Kier alpha value is -2.82. The van der Waals surface area contributed by atoms with Crippen molar-refractivity contribution in [3.05, 3.63) is 42.0 Å². The van der Waals surface area contributed by atoms with Crippen LogP contribution in [0.15, 0.2) is 42.0 Å². The third-order valence-corrected chi connectivity index (χ3v) is 11.9. The van der Waals surface area contributed by atoms with E-state index in [1.54, 1.807) is 24.3 Å². The van der Waals surface area contributed by atoms with E-state index in [2.05, 4.69) is 0 Å². The van der Waals surface area contributed by atoms with Crippen LogP contribution in [0.3, 0.4) is 0 Å². The van der Waals surface area contributed by atoms with E-state index in [9.17, 15) is 19.1 Å². The van der Waals surface area contributed by atoms with Crippen molar-refractivity contribution in [3.63, 3.8) is 0 Å². The Morgan fingerprint density at radius 2 is 1.98 bits per heavy atom. The predicted molar refractivity (Wildman–Crippen MR) is 158 cm³/mol. The molecule has 5 aliphatic rings. The van der Waals surface area contributed by atoms with E-state index in [0.717, 1.165) is 6.42 Å². The van der Waals surface area contributed by atoms with Gasteiger partial charge in [0.2, 0.25) is 5.78 Å². The molecule has 1 unspecified atom stereocenters. The summed E-state index contributed by atoms with van der Waals surface area (Å²) in [5.41, 5.74) is 2.10. The zero-order valence-corrected chi connectivity index (χ0v) is 25.8. The SMILES string of the molecule is CCCC1O[C@@H]2C[C@H]3[C@@H]4C[C@H](CF)C5=CC(=O)C=C[C@]5(C)[C@@]4(CF)[C@@H](O)C[C@]3(C)[C@]2(C(=O)COc2ccc(N)c(OC)c2)O1. The molecule has 1 aromatic rings. The molecule has 6 rings (SSSR count). The highest BCUT2D eigenvalue weighted by Gasteiger charge is 2.79. The molecular formula is C34H43F2NO7. The molecule has 0 bridgehead atoms. The summed E-state index contributed by atoms with van der Waals surface area (Å²) >= 11 is 0. The summed E-state index contributed by atoms with van der Waals surface area (Å²) in [7, 11) is 1.49. The highest BCUT2D eigenvalue weighted by Crippen LogP contribution is 2.74.